The first-order valence-corrected chi connectivity index (χ1v) is 6.70. The van der Waals surface area contributed by atoms with Crippen LogP contribution in [0.2, 0.25) is 0 Å². The summed E-state index contributed by atoms with van der Waals surface area (Å²) in [6.07, 6.45) is -5.22. The van der Waals surface area contributed by atoms with Gasteiger partial charge >= 0.3 is 18.1 Å². The fraction of sp³-hybridized carbons (Fsp3) is 0.231. The SMILES string of the molecule is N[C@H](Cc1csc2ccccc12)C(=O)OC(=O)C(F)(F)F. The van der Waals surface area contributed by atoms with Crippen molar-refractivity contribution in [2.24, 2.45) is 5.73 Å². The van der Waals surface area contributed by atoms with Crippen molar-refractivity contribution in [3.8, 4) is 0 Å². The molecule has 0 aliphatic heterocycles. The van der Waals surface area contributed by atoms with Gasteiger partial charge in [0.1, 0.15) is 6.04 Å². The molecular weight excluding hydrogens is 307 g/mol. The second-order valence-corrected chi connectivity index (χ2v) is 5.19. The number of carbonyl (C=O) groups is 2. The number of ether oxygens (including phenoxy) is 1. The quantitative estimate of drug-likeness (QED) is 0.697. The second-order valence-electron chi connectivity index (χ2n) is 4.27. The number of benzene rings is 1. The van der Waals surface area contributed by atoms with Crippen LogP contribution in [-0.4, -0.2) is 24.2 Å². The molecule has 2 aromatic rings. The van der Waals surface area contributed by atoms with E-state index in [9.17, 15) is 22.8 Å². The summed E-state index contributed by atoms with van der Waals surface area (Å²) in [5, 5.41) is 2.64. The lowest BCUT2D eigenvalue weighted by Crippen LogP contribution is -2.38. The highest BCUT2D eigenvalue weighted by Gasteiger charge is 2.43. The number of thiophene rings is 1. The van der Waals surface area contributed by atoms with Crippen molar-refractivity contribution in [3.63, 3.8) is 0 Å². The van der Waals surface area contributed by atoms with Crippen molar-refractivity contribution >= 4 is 33.4 Å². The van der Waals surface area contributed by atoms with Gasteiger partial charge in [0.15, 0.2) is 0 Å². The molecule has 0 saturated carbocycles. The van der Waals surface area contributed by atoms with Crippen LogP contribution in [0.5, 0.6) is 0 Å². The molecule has 0 aliphatic carbocycles. The first-order chi connectivity index (χ1) is 9.79. The van der Waals surface area contributed by atoms with Gasteiger partial charge in [-0.05, 0) is 28.8 Å². The van der Waals surface area contributed by atoms with E-state index in [1.54, 1.807) is 11.4 Å². The molecule has 0 bridgehead atoms. The van der Waals surface area contributed by atoms with Gasteiger partial charge in [-0.3, -0.25) is 0 Å². The van der Waals surface area contributed by atoms with Gasteiger partial charge in [-0.25, -0.2) is 9.59 Å². The predicted octanol–water partition coefficient (Wildman–Crippen LogP) is 2.40. The molecule has 1 aromatic carbocycles. The number of carbonyl (C=O) groups excluding carboxylic acids is 2. The van der Waals surface area contributed by atoms with Crippen LogP contribution in [-0.2, 0) is 20.7 Å². The van der Waals surface area contributed by atoms with Crippen LogP contribution in [0.15, 0.2) is 29.6 Å². The van der Waals surface area contributed by atoms with Gasteiger partial charge in [-0.15, -0.1) is 11.3 Å². The van der Waals surface area contributed by atoms with Crippen molar-refractivity contribution in [1.82, 2.24) is 0 Å². The van der Waals surface area contributed by atoms with E-state index in [2.05, 4.69) is 4.74 Å². The number of rotatable bonds is 3. The van der Waals surface area contributed by atoms with Gasteiger partial charge in [0.25, 0.3) is 0 Å². The summed E-state index contributed by atoms with van der Waals surface area (Å²) in [6.45, 7) is 0. The maximum Gasteiger partial charge on any atom is 0.491 e. The van der Waals surface area contributed by atoms with E-state index in [0.29, 0.717) is 0 Å². The van der Waals surface area contributed by atoms with E-state index in [1.165, 1.54) is 11.3 Å². The Kier molecular flexibility index (Phi) is 4.29. The molecule has 112 valence electrons. The minimum atomic E-state index is -5.22. The lowest BCUT2D eigenvalue weighted by molar-refractivity contribution is -0.202. The number of halogens is 3. The predicted molar refractivity (Wildman–Crippen MR) is 70.7 cm³/mol. The molecular formula is C13H10F3NO3S. The summed E-state index contributed by atoms with van der Waals surface area (Å²) in [5.41, 5.74) is 6.22. The highest BCUT2D eigenvalue weighted by Crippen LogP contribution is 2.26. The summed E-state index contributed by atoms with van der Waals surface area (Å²) < 4.78 is 40.7. The third-order valence-electron chi connectivity index (χ3n) is 2.73. The lowest BCUT2D eigenvalue weighted by atomic mass is 10.1. The molecule has 0 fully saturated rings. The zero-order valence-electron chi connectivity index (χ0n) is 10.5. The molecule has 1 atom stereocenters. The third-order valence-corrected chi connectivity index (χ3v) is 3.74. The molecule has 8 heteroatoms. The molecule has 0 unspecified atom stereocenters. The molecule has 2 rings (SSSR count). The fourth-order valence-electron chi connectivity index (χ4n) is 1.74. The smallest absolute Gasteiger partial charge is 0.385 e. The average molecular weight is 317 g/mol. The van der Waals surface area contributed by atoms with Crippen molar-refractivity contribution in [1.29, 1.82) is 0 Å². The van der Waals surface area contributed by atoms with Crippen LogP contribution in [0.25, 0.3) is 10.1 Å². The number of nitrogens with two attached hydrogens (primary N) is 1. The van der Waals surface area contributed by atoms with E-state index in [4.69, 9.17) is 5.73 Å². The molecule has 21 heavy (non-hydrogen) atoms. The number of alkyl halides is 3. The summed E-state index contributed by atoms with van der Waals surface area (Å²) in [6, 6.07) is 6.00. The Labute approximate surface area is 121 Å². The van der Waals surface area contributed by atoms with Crippen molar-refractivity contribution in [2.45, 2.75) is 18.6 Å². The molecule has 1 aromatic heterocycles. The Morgan fingerprint density at radius 1 is 1.29 bits per heavy atom. The summed E-state index contributed by atoms with van der Waals surface area (Å²) >= 11 is 1.43. The average Bonchev–Trinajstić information content (AvgIpc) is 2.81. The Hall–Kier alpha value is -1.93. The maximum atomic E-state index is 12.0. The molecule has 0 saturated heterocycles. The third kappa shape index (κ3) is 3.59. The van der Waals surface area contributed by atoms with Crippen LogP contribution in [0.1, 0.15) is 5.56 Å². The van der Waals surface area contributed by atoms with Crippen molar-refractivity contribution < 1.29 is 27.5 Å². The monoisotopic (exact) mass is 317 g/mol. The number of hydrogen-bond donors (Lipinski definition) is 1. The van der Waals surface area contributed by atoms with Crippen LogP contribution in [0.3, 0.4) is 0 Å². The summed E-state index contributed by atoms with van der Waals surface area (Å²) in [4.78, 5) is 22.0. The van der Waals surface area contributed by atoms with Crippen LogP contribution < -0.4 is 5.73 Å². The van der Waals surface area contributed by atoms with Crippen LogP contribution >= 0.6 is 11.3 Å². The van der Waals surface area contributed by atoms with Gasteiger partial charge in [0.05, 0.1) is 0 Å². The topological polar surface area (TPSA) is 69.4 Å². The molecule has 1 heterocycles. The molecule has 0 amide bonds. The summed E-state index contributed by atoms with van der Waals surface area (Å²) in [5.74, 6) is -3.95. The second kappa shape index (κ2) is 5.82. The Morgan fingerprint density at radius 2 is 1.95 bits per heavy atom. The molecule has 0 aliphatic rings. The first kappa shape index (κ1) is 15.5. The maximum absolute atomic E-state index is 12.0. The van der Waals surface area contributed by atoms with Crippen molar-refractivity contribution in [2.75, 3.05) is 0 Å². The molecule has 0 radical (unpaired) electrons. The Bertz CT molecular complexity index is 681. The number of fused-ring (bicyclic) bond motifs is 1. The van der Waals surface area contributed by atoms with E-state index < -0.39 is 24.2 Å². The Balaban J connectivity index is 2.06. The minimum absolute atomic E-state index is 0.00597. The highest BCUT2D eigenvalue weighted by atomic mass is 32.1. The van der Waals surface area contributed by atoms with Crippen LogP contribution in [0.4, 0.5) is 13.2 Å². The van der Waals surface area contributed by atoms with Gasteiger partial charge in [-0.1, -0.05) is 18.2 Å². The van der Waals surface area contributed by atoms with E-state index in [1.807, 2.05) is 18.2 Å². The lowest BCUT2D eigenvalue weighted by Gasteiger charge is -2.11. The zero-order chi connectivity index (χ0) is 15.6. The standard InChI is InChI=1S/C13H10F3NO3S/c14-13(15,16)12(19)20-11(18)9(17)5-7-6-21-10-4-2-1-3-8(7)10/h1-4,6,9H,5,17H2/t9-/m1/s1. The first-order valence-electron chi connectivity index (χ1n) is 5.82. The van der Waals surface area contributed by atoms with Gasteiger partial charge < -0.3 is 10.5 Å². The normalized spacial score (nSPS) is 13.1. The van der Waals surface area contributed by atoms with Gasteiger partial charge in [0.2, 0.25) is 0 Å². The van der Waals surface area contributed by atoms with Crippen molar-refractivity contribution in [3.05, 3.63) is 35.2 Å². The largest absolute Gasteiger partial charge is 0.491 e. The molecule has 0 spiro atoms. The van der Waals surface area contributed by atoms with E-state index in [0.717, 1.165) is 15.6 Å². The van der Waals surface area contributed by atoms with Gasteiger partial charge in [-0.2, -0.15) is 13.2 Å². The fourth-order valence-corrected chi connectivity index (χ4v) is 2.71. The minimum Gasteiger partial charge on any atom is -0.385 e. The molecule has 4 nitrogen and oxygen atoms in total. The van der Waals surface area contributed by atoms with E-state index >= 15 is 0 Å². The zero-order valence-corrected chi connectivity index (χ0v) is 11.3. The Morgan fingerprint density at radius 3 is 2.62 bits per heavy atom. The number of esters is 2. The van der Waals surface area contributed by atoms with Gasteiger partial charge in [0, 0.05) is 4.70 Å². The highest BCUT2D eigenvalue weighted by molar-refractivity contribution is 7.17. The number of hydrogen-bond acceptors (Lipinski definition) is 5. The van der Waals surface area contributed by atoms with E-state index in [-0.39, 0.29) is 6.42 Å². The summed E-state index contributed by atoms with van der Waals surface area (Å²) in [7, 11) is 0. The van der Waals surface area contributed by atoms with Crippen LogP contribution in [0, 0.1) is 0 Å². The molecule has 2 N–H and O–H groups in total.